The summed E-state index contributed by atoms with van der Waals surface area (Å²) in [6, 6.07) is 5.17. The quantitative estimate of drug-likeness (QED) is 0.470. The summed E-state index contributed by atoms with van der Waals surface area (Å²) in [5, 5.41) is 6.58. The average molecular weight is 202 g/mol. The van der Waals surface area contributed by atoms with Gasteiger partial charge in [-0.15, -0.1) is 22.7 Å². The molecular formula is C6H4N2O2Zn. The van der Waals surface area contributed by atoms with Gasteiger partial charge in [0.1, 0.15) is 0 Å². The first-order chi connectivity index (χ1) is 5.00. The average Bonchev–Trinajstić information content (AvgIpc) is 2.67. The van der Waals surface area contributed by atoms with Crippen LogP contribution in [0.15, 0.2) is 34.0 Å². The van der Waals surface area contributed by atoms with Gasteiger partial charge < -0.3 is 21.2 Å². The van der Waals surface area contributed by atoms with E-state index in [1.807, 2.05) is 0 Å². The molecule has 52 valence electrons. The molecule has 0 aliphatic rings. The van der Waals surface area contributed by atoms with Crippen LogP contribution < -0.4 is 0 Å². The van der Waals surface area contributed by atoms with Crippen LogP contribution in [0.4, 0.5) is 0 Å². The summed E-state index contributed by atoms with van der Waals surface area (Å²) in [5.74, 6) is 0. The van der Waals surface area contributed by atoms with Crippen LogP contribution in [-0.4, -0.2) is 10.3 Å². The second-order valence-corrected chi connectivity index (χ2v) is 1.25. The molecule has 0 spiro atoms. The first kappa shape index (κ1) is 10.0. The molecular weight excluding hydrogens is 197 g/mol. The van der Waals surface area contributed by atoms with Crippen LogP contribution in [-0.2, 0) is 19.5 Å². The van der Waals surface area contributed by atoms with E-state index < -0.39 is 0 Å². The van der Waals surface area contributed by atoms with Gasteiger partial charge in [0.2, 0.25) is 0 Å². The summed E-state index contributed by atoms with van der Waals surface area (Å²) in [7, 11) is 0. The summed E-state index contributed by atoms with van der Waals surface area (Å²) in [6.07, 6.45) is 5.69. The van der Waals surface area contributed by atoms with E-state index in [0.717, 1.165) is 0 Å². The number of hydrogen-bond acceptors (Lipinski definition) is 4. The molecule has 0 radical (unpaired) electrons. The maximum Gasteiger partial charge on any atom is 2.00 e. The van der Waals surface area contributed by atoms with Crippen molar-refractivity contribution >= 4 is 0 Å². The molecule has 0 atom stereocenters. The Morgan fingerprint density at radius 2 is 1.36 bits per heavy atom. The normalized spacial score (nSPS) is 7.27. The molecule has 4 nitrogen and oxygen atoms in total. The third-order valence-electron chi connectivity index (χ3n) is 0.618. The Hall–Kier alpha value is -0.957. The minimum Gasteiger partial charge on any atom is -0.410 e. The Morgan fingerprint density at radius 1 is 0.909 bits per heavy atom. The van der Waals surface area contributed by atoms with Crippen LogP contribution in [0.25, 0.3) is 0 Å². The summed E-state index contributed by atoms with van der Waals surface area (Å²) >= 11 is 0. The molecule has 0 aliphatic carbocycles. The van der Waals surface area contributed by atoms with E-state index >= 15 is 0 Å². The fraction of sp³-hybridized carbons (Fsp3) is 0. The minimum atomic E-state index is 0. The van der Waals surface area contributed by atoms with Gasteiger partial charge >= 0.3 is 19.5 Å². The molecule has 2 heterocycles. The van der Waals surface area contributed by atoms with Crippen LogP contribution in [0.1, 0.15) is 0 Å². The molecule has 5 heteroatoms. The van der Waals surface area contributed by atoms with E-state index in [-0.39, 0.29) is 19.5 Å². The van der Waals surface area contributed by atoms with Crippen molar-refractivity contribution in [2.24, 2.45) is 0 Å². The Morgan fingerprint density at radius 3 is 1.45 bits per heavy atom. The van der Waals surface area contributed by atoms with Gasteiger partial charge in [-0.1, -0.05) is 12.5 Å². The van der Waals surface area contributed by atoms with Gasteiger partial charge in [-0.3, -0.25) is 0 Å². The zero-order chi connectivity index (χ0) is 7.07. The minimum absolute atomic E-state index is 0. The molecule has 0 saturated heterocycles. The molecule has 0 N–H and O–H groups in total. The monoisotopic (exact) mass is 200 g/mol. The summed E-state index contributed by atoms with van der Waals surface area (Å²) < 4.78 is 8.56. The summed E-state index contributed by atoms with van der Waals surface area (Å²) in [4.78, 5) is 0. The SMILES string of the molecule is [Zn+2].[c-]1cnoc1.[c-]1cnoc1. The van der Waals surface area contributed by atoms with Gasteiger partial charge in [-0.05, 0) is 0 Å². The fourth-order valence-corrected chi connectivity index (χ4v) is 0.304. The van der Waals surface area contributed by atoms with E-state index in [1.165, 1.54) is 24.9 Å². The van der Waals surface area contributed by atoms with Crippen molar-refractivity contribution in [3.05, 3.63) is 37.1 Å². The van der Waals surface area contributed by atoms with Crippen molar-refractivity contribution in [1.82, 2.24) is 10.3 Å². The second-order valence-electron chi connectivity index (χ2n) is 1.25. The Balaban J connectivity index is 0.000000167. The smallest absolute Gasteiger partial charge is 0.410 e. The molecule has 2 aromatic rings. The maximum absolute atomic E-state index is 4.28. The van der Waals surface area contributed by atoms with Gasteiger partial charge in [0.05, 0.1) is 0 Å². The first-order valence-corrected chi connectivity index (χ1v) is 2.51. The summed E-state index contributed by atoms with van der Waals surface area (Å²) in [6.45, 7) is 0. The number of nitrogens with zero attached hydrogens (tertiary/aromatic N) is 2. The zero-order valence-corrected chi connectivity index (χ0v) is 8.69. The Bertz CT molecular complexity index is 158. The van der Waals surface area contributed by atoms with Crippen molar-refractivity contribution in [2.75, 3.05) is 0 Å². The fourth-order valence-electron chi connectivity index (χ4n) is 0.304. The molecule has 0 saturated carbocycles. The largest absolute Gasteiger partial charge is 2.00 e. The molecule has 0 unspecified atom stereocenters. The van der Waals surface area contributed by atoms with Gasteiger partial charge in [-0.2, -0.15) is 0 Å². The molecule has 0 bridgehead atoms. The van der Waals surface area contributed by atoms with Crippen LogP contribution in [0.5, 0.6) is 0 Å². The van der Waals surface area contributed by atoms with Gasteiger partial charge in [0.25, 0.3) is 0 Å². The third-order valence-corrected chi connectivity index (χ3v) is 0.618. The molecule has 0 amide bonds. The van der Waals surface area contributed by atoms with Gasteiger partial charge in [-0.25, -0.2) is 0 Å². The molecule has 0 aromatic carbocycles. The molecule has 2 rings (SSSR count). The Labute approximate surface area is 76.3 Å². The Kier molecular flexibility index (Phi) is 6.53. The standard InChI is InChI=1S/2C3H2NO.Zn/c2*1-2-4-5-3-1;/h2*2-3H;/q2*-1;+2. The number of rotatable bonds is 0. The number of hydrogen-bond donors (Lipinski definition) is 0. The molecule has 0 aliphatic heterocycles. The van der Waals surface area contributed by atoms with Crippen molar-refractivity contribution < 1.29 is 28.5 Å². The van der Waals surface area contributed by atoms with Crippen molar-refractivity contribution in [2.45, 2.75) is 0 Å². The van der Waals surface area contributed by atoms with E-state index in [1.54, 1.807) is 0 Å². The molecule has 11 heavy (non-hydrogen) atoms. The predicted octanol–water partition coefficient (Wildman–Crippen LogP) is 0.947. The van der Waals surface area contributed by atoms with Crippen LogP contribution in [0.3, 0.4) is 0 Å². The maximum atomic E-state index is 4.28. The van der Waals surface area contributed by atoms with Gasteiger partial charge in [0.15, 0.2) is 0 Å². The van der Waals surface area contributed by atoms with E-state index in [9.17, 15) is 0 Å². The summed E-state index contributed by atoms with van der Waals surface area (Å²) in [5.41, 5.74) is 0. The van der Waals surface area contributed by atoms with E-state index in [0.29, 0.717) is 0 Å². The van der Waals surface area contributed by atoms with Gasteiger partial charge in [0, 0.05) is 0 Å². The van der Waals surface area contributed by atoms with Crippen LogP contribution in [0, 0.1) is 12.1 Å². The van der Waals surface area contributed by atoms with Crippen molar-refractivity contribution in [3.63, 3.8) is 0 Å². The van der Waals surface area contributed by atoms with Crippen LogP contribution in [0.2, 0.25) is 0 Å². The van der Waals surface area contributed by atoms with Crippen molar-refractivity contribution in [1.29, 1.82) is 0 Å². The topological polar surface area (TPSA) is 52.1 Å². The molecule has 0 fully saturated rings. The van der Waals surface area contributed by atoms with E-state index in [4.69, 9.17) is 0 Å². The van der Waals surface area contributed by atoms with E-state index in [2.05, 4.69) is 31.5 Å². The zero-order valence-electron chi connectivity index (χ0n) is 5.73. The molecule has 2 aromatic heterocycles. The second kappa shape index (κ2) is 7.15. The predicted molar refractivity (Wildman–Crippen MR) is 30.7 cm³/mol. The van der Waals surface area contributed by atoms with Crippen LogP contribution >= 0.6 is 0 Å². The number of aromatic nitrogens is 2. The third kappa shape index (κ3) is 5.49. The first-order valence-electron chi connectivity index (χ1n) is 2.51. The van der Waals surface area contributed by atoms with Crippen molar-refractivity contribution in [3.8, 4) is 0 Å².